The van der Waals surface area contributed by atoms with Crippen LogP contribution < -0.4 is 0 Å². The molecule has 1 aromatic rings. The number of rotatable bonds is 3. The lowest BCUT2D eigenvalue weighted by molar-refractivity contribution is 0.131. The first kappa shape index (κ1) is 8.68. The van der Waals surface area contributed by atoms with E-state index in [4.69, 9.17) is 4.74 Å². The Morgan fingerprint density at radius 2 is 2.36 bits per heavy atom. The Kier molecular flexibility index (Phi) is 3.52. The van der Waals surface area contributed by atoms with Crippen LogP contribution in [0.15, 0.2) is 22.8 Å². The van der Waals surface area contributed by atoms with Crippen LogP contribution in [0.5, 0.6) is 0 Å². The Hall–Kier alpha value is -0.410. The van der Waals surface area contributed by atoms with Crippen LogP contribution in [0.2, 0.25) is 0 Å². The van der Waals surface area contributed by atoms with E-state index in [1.165, 1.54) is 0 Å². The van der Waals surface area contributed by atoms with Crippen molar-refractivity contribution in [3.63, 3.8) is 0 Å². The molecular weight excluding hydrogens is 206 g/mol. The zero-order chi connectivity index (χ0) is 8.10. The van der Waals surface area contributed by atoms with Crippen LogP contribution >= 0.6 is 15.9 Å². The zero-order valence-electron chi connectivity index (χ0n) is 6.38. The van der Waals surface area contributed by atoms with Crippen LogP contribution in [0, 0.1) is 0 Å². The van der Waals surface area contributed by atoms with Gasteiger partial charge in [0.15, 0.2) is 0 Å². The molecule has 1 heterocycles. The summed E-state index contributed by atoms with van der Waals surface area (Å²) in [5, 5.41) is 0. The van der Waals surface area contributed by atoms with Gasteiger partial charge < -0.3 is 4.74 Å². The zero-order valence-corrected chi connectivity index (χ0v) is 7.97. The van der Waals surface area contributed by atoms with E-state index in [1.807, 2.05) is 19.1 Å². The predicted molar refractivity (Wildman–Crippen MR) is 47.3 cm³/mol. The molecule has 60 valence electrons. The van der Waals surface area contributed by atoms with Crippen molar-refractivity contribution in [3.8, 4) is 0 Å². The van der Waals surface area contributed by atoms with E-state index in [9.17, 15) is 0 Å². The molecule has 0 saturated heterocycles. The summed E-state index contributed by atoms with van der Waals surface area (Å²) in [5.41, 5.74) is 0.968. The molecule has 3 heteroatoms. The van der Waals surface area contributed by atoms with Gasteiger partial charge >= 0.3 is 0 Å². The van der Waals surface area contributed by atoms with Gasteiger partial charge in [-0.15, -0.1) is 0 Å². The summed E-state index contributed by atoms with van der Waals surface area (Å²) in [6, 6.07) is 3.90. The highest BCUT2D eigenvalue weighted by atomic mass is 79.9. The molecule has 0 bridgehead atoms. The molecule has 1 rings (SSSR count). The van der Waals surface area contributed by atoms with Crippen molar-refractivity contribution in [1.82, 2.24) is 4.98 Å². The second-order valence-electron chi connectivity index (χ2n) is 2.10. The Morgan fingerprint density at radius 1 is 1.55 bits per heavy atom. The normalized spacial score (nSPS) is 10.0. The number of hydrogen-bond donors (Lipinski definition) is 0. The standard InChI is InChI=1S/C8H10BrNO/c1-2-11-6-8-4-3-7(9)5-10-8/h3-5H,2,6H2,1H3. The van der Waals surface area contributed by atoms with Gasteiger partial charge in [0.2, 0.25) is 0 Å². The van der Waals surface area contributed by atoms with E-state index in [0.717, 1.165) is 16.8 Å². The van der Waals surface area contributed by atoms with Crippen LogP contribution in [0.25, 0.3) is 0 Å². The van der Waals surface area contributed by atoms with Gasteiger partial charge in [-0.1, -0.05) is 0 Å². The summed E-state index contributed by atoms with van der Waals surface area (Å²) in [5.74, 6) is 0. The summed E-state index contributed by atoms with van der Waals surface area (Å²) in [6.45, 7) is 3.31. The van der Waals surface area contributed by atoms with Crippen LogP contribution in [0.3, 0.4) is 0 Å². The molecule has 0 aliphatic heterocycles. The molecule has 0 aromatic carbocycles. The number of hydrogen-bond acceptors (Lipinski definition) is 2. The highest BCUT2D eigenvalue weighted by Gasteiger charge is 1.92. The van der Waals surface area contributed by atoms with E-state index >= 15 is 0 Å². The fraction of sp³-hybridized carbons (Fsp3) is 0.375. The lowest BCUT2D eigenvalue weighted by atomic mass is 10.4. The number of ether oxygens (including phenoxy) is 1. The molecule has 0 fully saturated rings. The Balaban J connectivity index is 2.52. The molecule has 2 nitrogen and oxygen atoms in total. The van der Waals surface area contributed by atoms with Gasteiger partial charge in [0.05, 0.1) is 12.3 Å². The molecule has 0 aliphatic carbocycles. The van der Waals surface area contributed by atoms with Gasteiger partial charge in [-0.3, -0.25) is 4.98 Å². The van der Waals surface area contributed by atoms with Crippen molar-refractivity contribution in [1.29, 1.82) is 0 Å². The van der Waals surface area contributed by atoms with E-state index in [-0.39, 0.29) is 0 Å². The van der Waals surface area contributed by atoms with Crippen LogP contribution in [0.4, 0.5) is 0 Å². The topological polar surface area (TPSA) is 22.1 Å². The molecule has 0 N–H and O–H groups in total. The minimum Gasteiger partial charge on any atom is -0.375 e. The van der Waals surface area contributed by atoms with Gasteiger partial charge in [-0.2, -0.15) is 0 Å². The van der Waals surface area contributed by atoms with E-state index < -0.39 is 0 Å². The smallest absolute Gasteiger partial charge is 0.0887 e. The van der Waals surface area contributed by atoms with Crippen molar-refractivity contribution >= 4 is 15.9 Å². The van der Waals surface area contributed by atoms with Crippen molar-refractivity contribution in [2.75, 3.05) is 6.61 Å². The summed E-state index contributed by atoms with van der Waals surface area (Å²) >= 11 is 3.31. The van der Waals surface area contributed by atoms with E-state index in [0.29, 0.717) is 6.61 Å². The summed E-state index contributed by atoms with van der Waals surface area (Å²) in [6.07, 6.45) is 1.77. The molecule has 0 atom stereocenters. The molecule has 0 amide bonds. The lowest BCUT2D eigenvalue weighted by Crippen LogP contribution is -1.93. The molecule has 1 aromatic heterocycles. The first-order valence-corrected chi connectivity index (χ1v) is 4.30. The van der Waals surface area contributed by atoms with Gasteiger partial charge in [0.25, 0.3) is 0 Å². The van der Waals surface area contributed by atoms with Gasteiger partial charge in [-0.25, -0.2) is 0 Å². The van der Waals surface area contributed by atoms with Crippen molar-refractivity contribution in [2.24, 2.45) is 0 Å². The third-order valence-corrected chi connectivity index (χ3v) is 1.71. The molecule has 0 radical (unpaired) electrons. The summed E-state index contributed by atoms with van der Waals surface area (Å²) in [4.78, 5) is 4.14. The maximum atomic E-state index is 5.18. The average Bonchev–Trinajstić information content (AvgIpc) is 2.04. The van der Waals surface area contributed by atoms with Crippen LogP contribution in [0.1, 0.15) is 12.6 Å². The van der Waals surface area contributed by atoms with E-state index in [1.54, 1.807) is 6.20 Å². The minimum atomic E-state index is 0.601. The highest BCUT2D eigenvalue weighted by Crippen LogP contribution is 2.07. The fourth-order valence-electron chi connectivity index (χ4n) is 0.698. The second-order valence-corrected chi connectivity index (χ2v) is 3.02. The predicted octanol–water partition coefficient (Wildman–Crippen LogP) is 2.38. The number of nitrogens with zero attached hydrogens (tertiary/aromatic N) is 1. The maximum absolute atomic E-state index is 5.18. The summed E-state index contributed by atoms with van der Waals surface area (Å²) in [7, 11) is 0. The number of aromatic nitrogens is 1. The highest BCUT2D eigenvalue weighted by molar-refractivity contribution is 9.10. The van der Waals surface area contributed by atoms with Gasteiger partial charge in [-0.05, 0) is 35.0 Å². The average molecular weight is 216 g/mol. The number of pyridine rings is 1. The largest absolute Gasteiger partial charge is 0.375 e. The van der Waals surface area contributed by atoms with Gasteiger partial charge in [0, 0.05) is 17.3 Å². The Bertz CT molecular complexity index is 210. The number of halogens is 1. The summed E-state index contributed by atoms with van der Waals surface area (Å²) < 4.78 is 6.18. The van der Waals surface area contributed by atoms with Crippen molar-refractivity contribution in [3.05, 3.63) is 28.5 Å². The van der Waals surface area contributed by atoms with Gasteiger partial charge in [0.1, 0.15) is 0 Å². The minimum absolute atomic E-state index is 0.601. The molecular formula is C8H10BrNO. The molecule has 0 spiro atoms. The SMILES string of the molecule is CCOCc1ccc(Br)cn1. The van der Waals surface area contributed by atoms with E-state index in [2.05, 4.69) is 20.9 Å². The third kappa shape index (κ3) is 2.99. The second kappa shape index (κ2) is 4.46. The molecule has 0 unspecified atom stereocenters. The molecule has 0 saturated carbocycles. The molecule has 0 aliphatic rings. The molecule has 11 heavy (non-hydrogen) atoms. The van der Waals surface area contributed by atoms with Crippen molar-refractivity contribution < 1.29 is 4.74 Å². The van der Waals surface area contributed by atoms with Crippen LogP contribution in [-0.4, -0.2) is 11.6 Å². The quantitative estimate of drug-likeness (QED) is 0.773. The third-order valence-electron chi connectivity index (χ3n) is 1.24. The fourth-order valence-corrected chi connectivity index (χ4v) is 0.933. The van der Waals surface area contributed by atoms with Crippen molar-refractivity contribution in [2.45, 2.75) is 13.5 Å². The Labute approximate surface area is 74.7 Å². The first-order chi connectivity index (χ1) is 5.33. The first-order valence-electron chi connectivity index (χ1n) is 3.51. The van der Waals surface area contributed by atoms with Crippen LogP contribution in [-0.2, 0) is 11.3 Å². The Morgan fingerprint density at radius 3 is 2.91 bits per heavy atom. The maximum Gasteiger partial charge on any atom is 0.0887 e. The lowest BCUT2D eigenvalue weighted by Gasteiger charge is -1.99. The monoisotopic (exact) mass is 215 g/mol.